The molecule has 0 aliphatic rings. The fraction of sp³-hybridized carbons (Fsp3) is 1.00. The highest BCUT2D eigenvalue weighted by atomic mass is 28.3. The van der Waals surface area contributed by atoms with Crippen LogP contribution in [0.25, 0.3) is 0 Å². The first-order valence-electron chi connectivity index (χ1n) is 4.73. The molecule has 1 atom stereocenters. The molecule has 0 aliphatic carbocycles. The van der Waals surface area contributed by atoms with E-state index in [0.29, 0.717) is 12.6 Å². The zero-order chi connectivity index (χ0) is 10.1. The zero-order valence-corrected chi connectivity index (χ0v) is 10.0. The Balaban J connectivity index is 3.38. The Bertz CT molecular complexity index is 112. The van der Waals surface area contributed by atoms with Gasteiger partial charge in [-0.1, -0.05) is 0 Å². The van der Waals surface area contributed by atoms with Crippen molar-refractivity contribution >= 4 is 9.28 Å². The van der Waals surface area contributed by atoms with E-state index in [1.165, 1.54) is 0 Å². The molecule has 0 heterocycles. The van der Waals surface area contributed by atoms with Crippen LogP contribution >= 0.6 is 0 Å². The van der Waals surface area contributed by atoms with Crippen LogP contribution in [0.15, 0.2) is 0 Å². The van der Waals surface area contributed by atoms with Crippen molar-refractivity contribution in [1.29, 1.82) is 0 Å². The van der Waals surface area contributed by atoms with Crippen LogP contribution in [0.2, 0.25) is 6.04 Å². The summed E-state index contributed by atoms with van der Waals surface area (Å²) in [4.78, 5) is 0. The van der Waals surface area contributed by atoms with Gasteiger partial charge in [-0.05, 0) is 19.4 Å². The molecular weight excluding hydrogens is 184 g/mol. The van der Waals surface area contributed by atoms with Crippen molar-refractivity contribution in [3.05, 3.63) is 0 Å². The number of nitrogens with two attached hydrogens (primary N) is 1. The fourth-order valence-electron chi connectivity index (χ4n) is 1.15. The molecule has 0 aromatic rings. The number of hydrogen-bond acceptors (Lipinski definition) is 4. The maximum atomic E-state index is 5.38. The summed E-state index contributed by atoms with van der Waals surface area (Å²) in [6, 6.07) is 1.55. The van der Waals surface area contributed by atoms with Gasteiger partial charge in [-0.2, -0.15) is 0 Å². The molecule has 0 aliphatic heterocycles. The first kappa shape index (κ1) is 13.1. The van der Waals surface area contributed by atoms with Crippen molar-refractivity contribution in [3.8, 4) is 0 Å². The van der Waals surface area contributed by atoms with Gasteiger partial charge in [0.1, 0.15) is 0 Å². The predicted molar refractivity (Wildman–Crippen MR) is 57.1 cm³/mol. The Morgan fingerprint density at radius 2 is 2.00 bits per heavy atom. The summed E-state index contributed by atoms with van der Waals surface area (Å²) in [5.74, 6) is 0. The number of hydrogen-bond donors (Lipinski definition) is 2. The molecule has 0 saturated heterocycles. The molecule has 0 saturated carbocycles. The third-order valence-electron chi connectivity index (χ3n) is 2.00. The molecule has 0 rings (SSSR count). The maximum absolute atomic E-state index is 5.38. The first-order chi connectivity index (χ1) is 6.24. The summed E-state index contributed by atoms with van der Waals surface area (Å²) >= 11 is 0. The summed E-state index contributed by atoms with van der Waals surface area (Å²) < 4.78 is 10.4. The van der Waals surface area contributed by atoms with E-state index in [-0.39, 0.29) is 0 Å². The highest BCUT2D eigenvalue weighted by Crippen LogP contribution is 2.02. The normalized spacial score (nSPS) is 13.6. The van der Waals surface area contributed by atoms with Gasteiger partial charge in [0.2, 0.25) is 0 Å². The van der Waals surface area contributed by atoms with Gasteiger partial charge >= 0.3 is 9.28 Å². The van der Waals surface area contributed by atoms with E-state index in [1.807, 2.05) is 0 Å². The van der Waals surface area contributed by atoms with E-state index in [9.17, 15) is 0 Å². The highest BCUT2D eigenvalue weighted by molar-refractivity contribution is 6.44. The van der Waals surface area contributed by atoms with Gasteiger partial charge in [-0.3, -0.25) is 0 Å². The number of nitrogens with one attached hydrogen (secondary N) is 1. The topological polar surface area (TPSA) is 56.5 Å². The van der Waals surface area contributed by atoms with Crippen LogP contribution < -0.4 is 11.1 Å². The molecule has 4 nitrogen and oxygen atoms in total. The Hall–Kier alpha value is 0.0569. The van der Waals surface area contributed by atoms with Gasteiger partial charge < -0.3 is 19.9 Å². The van der Waals surface area contributed by atoms with Gasteiger partial charge in [0.15, 0.2) is 0 Å². The minimum Gasteiger partial charge on any atom is -0.400 e. The zero-order valence-electron chi connectivity index (χ0n) is 8.88. The molecule has 0 fully saturated rings. The Morgan fingerprint density at radius 3 is 2.46 bits per heavy atom. The smallest absolute Gasteiger partial charge is 0.320 e. The molecular formula is C8H22N2O2Si. The summed E-state index contributed by atoms with van der Waals surface area (Å²) in [5, 5.41) is 3.32. The Labute approximate surface area is 82.6 Å². The van der Waals surface area contributed by atoms with Gasteiger partial charge in [0.05, 0.1) is 0 Å². The van der Waals surface area contributed by atoms with Crippen molar-refractivity contribution in [2.24, 2.45) is 5.73 Å². The van der Waals surface area contributed by atoms with Crippen molar-refractivity contribution in [1.82, 2.24) is 5.32 Å². The van der Waals surface area contributed by atoms with Gasteiger partial charge in [-0.25, -0.2) is 0 Å². The monoisotopic (exact) mass is 206 g/mol. The van der Waals surface area contributed by atoms with E-state index in [4.69, 9.17) is 14.6 Å². The quantitative estimate of drug-likeness (QED) is 0.541. The molecule has 0 aromatic heterocycles. The second-order valence-electron chi connectivity index (χ2n) is 3.12. The van der Waals surface area contributed by atoms with Crippen LogP contribution in [0.3, 0.4) is 0 Å². The third-order valence-corrected chi connectivity index (χ3v) is 3.85. The molecule has 0 amide bonds. The van der Waals surface area contributed by atoms with E-state index in [0.717, 1.165) is 19.0 Å². The summed E-state index contributed by atoms with van der Waals surface area (Å²) in [6.07, 6.45) is 1.10. The van der Waals surface area contributed by atoms with E-state index >= 15 is 0 Å². The number of rotatable bonds is 8. The average Bonchev–Trinajstić information content (AvgIpc) is 2.16. The molecule has 3 N–H and O–H groups in total. The summed E-state index contributed by atoms with van der Waals surface area (Å²) in [6.45, 7) is 3.74. The van der Waals surface area contributed by atoms with E-state index in [1.54, 1.807) is 14.2 Å². The minimum atomic E-state index is -1.35. The first-order valence-corrected chi connectivity index (χ1v) is 6.49. The molecule has 0 radical (unpaired) electrons. The second-order valence-corrected chi connectivity index (χ2v) is 5.50. The van der Waals surface area contributed by atoms with Crippen LogP contribution in [0.5, 0.6) is 0 Å². The summed E-state index contributed by atoms with van der Waals surface area (Å²) in [5.41, 5.74) is 5.38. The standard InChI is InChI=1S/C8H22N2O2Si/c1-8(10-6-5-9)4-7-13(11-2)12-3/h8,10,13H,4-7,9H2,1-3H3. The molecule has 13 heavy (non-hydrogen) atoms. The van der Waals surface area contributed by atoms with Gasteiger partial charge in [0, 0.05) is 33.4 Å². The molecule has 80 valence electrons. The molecule has 0 spiro atoms. The molecule has 0 aromatic carbocycles. The Morgan fingerprint density at radius 1 is 1.38 bits per heavy atom. The average molecular weight is 206 g/mol. The molecule has 0 bridgehead atoms. The lowest BCUT2D eigenvalue weighted by molar-refractivity contribution is 0.274. The van der Waals surface area contributed by atoms with Crippen LogP contribution in [0.4, 0.5) is 0 Å². The van der Waals surface area contributed by atoms with E-state index < -0.39 is 9.28 Å². The largest absolute Gasteiger partial charge is 0.400 e. The third kappa shape index (κ3) is 7.15. The Kier molecular flexibility index (Phi) is 8.68. The van der Waals surface area contributed by atoms with Crippen LogP contribution in [0, 0.1) is 0 Å². The maximum Gasteiger partial charge on any atom is 0.320 e. The van der Waals surface area contributed by atoms with Crippen LogP contribution in [-0.4, -0.2) is 42.6 Å². The van der Waals surface area contributed by atoms with Crippen molar-refractivity contribution < 1.29 is 8.85 Å². The fourth-order valence-corrected chi connectivity index (χ4v) is 2.59. The van der Waals surface area contributed by atoms with E-state index in [2.05, 4.69) is 12.2 Å². The second kappa shape index (κ2) is 8.65. The predicted octanol–water partition coefficient (Wildman–Crippen LogP) is -0.173. The van der Waals surface area contributed by atoms with Crippen molar-refractivity contribution in [2.75, 3.05) is 27.3 Å². The van der Waals surface area contributed by atoms with Crippen LogP contribution in [0.1, 0.15) is 13.3 Å². The van der Waals surface area contributed by atoms with Gasteiger partial charge in [0.25, 0.3) is 0 Å². The molecule has 1 unspecified atom stereocenters. The minimum absolute atomic E-state index is 0.504. The lowest BCUT2D eigenvalue weighted by atomic mass is 10.2. The van der Waals surface area contributed by atoms with Crippen LogP contribution in [-0.2, 0) is 8.85 Å². The highest BCUT2D eigenvalue weighted by Gasteiger charge is 2.11. The van der Waals surface area contributed by atoms with Crippen molar-refractivity contribution in [2.45, 2.75) is 25.4 Å². The summed E-state index contributed by atoms with van der Waals surface area (Å²) in [7, 11) is 2.09. The lowest BCUT2D eigenvalue weighted by Gasteiger charge is -2.15. The van der Waals surface area contributed by atoms with Gasteiger partial charge in [-0.15, -0.1) is 0 Å². The lowest BCUT2D eigenvalue weighted by Crippen LogP contribution is -2.32. The molecule has 5 heteroatoms. The SMILES string of the molecule is CO[SiH](CCC(C)NCCN)OC. The van der Waals surface area contributed by atoms with Crippen molar-refractivity contribution in [3.63, 3.8) is 0 Å².